The van der Waals surface area contributed by atoms with Crippen LogP contribution in [0.25, 0.3) is 0 Å². The van der Waals surface area contributed by atoms with Crippen molar-refractivity contribution in [1.29, 1.82) is 0 Å². The van der Waals surface area contributed by atoms with E-state index in [1.54, 1.807) is 0 Å². The van der Waals surface area contributed by atoms with Crippen molar-refractivity contribution in [2.75, 3.05) is 6.54 Å². The first-order chi connectivity index (χ1) is 7.65. The van der Waals surface area contributed by atoms with E-state index in [-0.39, 0.29) is 0 Å². The van der Waals surface area contributed by atoms with E-state index in [4.69, 9.17) is 5.73 Å². The van der Waals surface area contributed by atoms with Crippen LogP contribution in [-0.4, -0.2) is 6.54 Å². The van der Waals surface area contributed by atoms with E-state index in [1.807, 2.05) is 0 Å². The van der Waals surface area contributed by atoms with Gasteiger partial charge in [0.2, 0.25) is 0 Å². The quantitative estimate of drug-likeness (QED) is 0.714. The molecule has 0 aromatic rings. The molecule has 1 saturated carbocycles. The van der Waals surface area contributed by atoms with Gasteiger partial charge in [-0.1, -0.05) is 40.0 Å². The van der Waals surface area contributed by atoms with Crippen LogP contribution in [0, 0.1) is 17.3 Å². The number of rotatable bonds is 6. The molecular weight excluding hydrogens is 194 g/mol. The molecule has 1 aliphatic rings. The Bertz CT molecular complexity index is 180. The third-order valence-electron chi connectivity index (χ3n) is 4.74. The van der Waals surface area contributed by atoms with Gasteiger partial charge in [-0.05, 0) is 55.9 Å². The smallest absolute Gasteiger partial charge is 0.00204 e. The molecule has 1 fully saturated rings. The summed E-state index contributed by atoms with van der Waals surface area (Å²) in [6.45, 7) is 7.95. The van der Waals surface area contributed by atoms with E-state index in [0.29, 0.717) is 5.41 Å². The van der Waals surface area contributed by atoms with Gasteiger partial charge in [0.15, 0.2) is 0 Å². The zero-order valence-corrected chi connectivity index (χ0v) is 11.6. The maximum absolute atomic E-state index is 6.07. The first-order valence-electron chi connectivity index (χ1n) is 7.36. The highest BCUT2D eigenvalue weighted by Crippen LogP contribution is 2.44. The van der Waals surface area contributed by atoms with Crippen LogP contribution in [0.15, 0.2) is 0 Å². The van der Waals surface area contributed by atoms with Crippen LogP contribution in [0.3, 0.4) is 0 Å². The Morgan fingerprint density at radius 2 is 1.88 bits per heavy atom. The molecule has 1 heteroatoms. The van der Waals surface area contributed by atoms with Crippen molar-refractivity contribution in [2.24, 2.45) is 23.0 Å². The lowest BCUT2D eigenvalue weighted by Gasteiger charge is -2.41. The maximum atomic E-state index is 6.07. The lowest BCUT2D eigenvalue weighted by atomic mass is 9.66. The highest BCUT2D eigenvalue weighted by atomic mass is 14.6. The van der Waals surface area contributed by atoms with Gasteiger partial charge in [-0.15, -0.1) is 0 Å². The van der Waals surface area contributed by atoms with Crippen molar-refractivity contribution in [3.8, 4) is 0 Å². The average molecular weight is 225 g/mol. The maximum Gasteiger partial charge on any atom is -0.00204 e. The molecule has 0 aromatic heterocycles. The second kappa shape index (κ2) is 6.64. The Morgan fingerprint density at radius 3 is 2.31 bits per heavy atom. The highest BCUT2D eigenvalue weighted by Gasteiger charge is 2.34. The second-order valence-corrected chi connectivity index (χ2v) is 6.15. The molecule has 0 radical (unpaired) electrons. The summed E-state index contributed by atoms with van der Waals surface area (Å²) in [6.07, 6.45) is 11.0. The van der Waals surface area contributed by atoms with Gasteiger partial charge in [0, 0.05) is 0 Å². The summed E-state index contributed by atoms with van der Waals surface area (Å²) in [6, 6.07) is 0. The van der Waals surface area contributed by atoms with Crippen molar-refractivity contribution < 1.29 is 0 Å². The zero-order valence-electron chi connectivity index (χ0n) is 11.6. The SMILES string of the molecule is CCCC(C)CC1(CN)CCC(CC)CC1. The minimum absolute atomic E-state index is 0.500. The highest BCUT2D eigenvalue weighted by molar-refractivity contribution is 4.87. The van der Waals surface area contributed by atoms with Gasteiger partial charge in [-0.3, -0.25) is 0 Å². The summed E-state index contributed by atoms with van der Waals surface area (Å²) < 4.78 is 0. The van der Waals surface area contributed by atoms with Crippen LogP contribution in [0.5, 0.6) is 0 Å². The van der Waals surface area contributed by atoms with E-state index in [2.05, 4.69) is 20.8 Å². The van der Waals surface area contributed by atoms with Gasteiger partial charge in [0.25, 0.3) is 0 Å². The Balaban J connectivity index is 2.45. The van der Waals surface area contributed by atoms with E-state index in [1.165, 1.54) is 51.4 Å². The lowest BCUT2D eigenvalue weighted by molar-refractivity contribution is 0.119. The lowest BCUT2D eigenvalue weighted by Crippen LogP contribution is -2.36. The molecule has 1 unspecified atom stereocenters. The molecule has 0 aliphatic heterocycles. The fourth-order valence-corrected chi connectivity index (χ4v) is 3.52. The molecule has 0 heterocycles. The Labute approximate surface area is 102 Å². The summed E-state index contributed by atoms with van der Waals surface area (Å²) in [4.78, 5) is 0. The van der Waals surface area contributed by atoms with Gasteiger partial charge in [0.1, 0.15) is 0 Å². The average Bonchev–Trinajstić information content (AvgIpc) is 2.30. The van der Waals surface area contributed by atoms with Gasteiger partial charge < -0.3 is 5.73 Å². The van der Waals surface area contributed by atoms with Crippen molar-refractivity contribution in [3.05, 3.63) is 0 Å². The number of nitrogens with two attached hydrogens (primary N) is 1. The van der Waals surface area contributed by atoms with Crippen LogP contribution < -0.4 is 5.73 Å². The minimum atomic E-state index is 0.500. The molecule has 0 spiro atoms. The molecule has 0 bridgehead atoms. The molecule has 2 N–H and O–H groups in total. The predicted octanol–water partition coefficient (Wildman–Crippen LogP) is 4.36. The van der Waals surface area contributed by atoms with Gasteiger partial charge in [0.05, 0.1) is 0 Å². The first-order valence-corrected chi connectivity index (χ1v) is 7.36. The topological polar surface area (TPSA) is 26.0 Å². The molecule has 16 heavy (non-hydrogen) atoms. The number of hydrogen-bond acceptors (Lipinski definition) is 1. The van der Waals surface area contributed by atoms with Crippen molar-refractivity contribution in [2.45, 2.75) is 72.1 Å². The largest absolute Gasteiger partial charge is 0.330 e. The van der Waals surface area contributed by atoms with E-state index in [9.17, 15) is 0 Å². The molecule has 96 valence electrons. The van der Waals surface area contributed by atoms with Crippen LogP contribution in [0.1, 0.15) is 72.1 Å². The molecule has 1 atom stereocenters. The Morgan fingerprint density at radius 1 is 1.25 bits per heavy atom. The Kier molecular flexibility index (Phi) is 5.82. The molecule has 1 rings (SSSR count). The van der Waals surface area contributed by atoms with Gasteiger partial charge >= 0.3 is 0 Å². The predicted molar refractivity (Wildman–Crippen MR) is 72.4 cm³/mol. The summed E-state index contributed by atoms with van der Waals surface area (Å²) in [5.74, 6) is 1.85. The molecular formula is C15H31N. The van der Waals surface area contributed by atoms with Crippen LogP contribution >= 0.6 is 0 Å². The molecule has 0 amide bonds. The van der Waals surface area contributed by atoms with Crippen LogP contribution in [0.2, 0.25) is 0 Å². The minimum Gasteiger partial charge on any atom is -0.330 e. The van der Waals surface area contributed by atoms with Crippen molar-refractivity contribution in [1.82, 2.24) is 0 Å². The van der Waals surface area contributed by atoms with E-state index < -0.39 is 0 Å². The second-order valence-electron chi connectivity index (χ2n) is 6.15. The normalized spacial score (nSPS) is 32.6. The Hall–Kier alpha value is -0.0400. The van der Waals surface area contributed by atoms with Gasteiger partial charge in [-0.25, -0.2) is 0 Å². The first kappa shape index (κ1) is 14.0. The molecule has 1 aliphatic carbocycles. The standard InChI is InChI=1S/C15H31N/c1-4-6-13(3)11-15(12-16)9-7-14(5-2)8-10-15/h13-14H,4-12,16H2,1-3H3. The fraction of sp³-hybridized carbons (Fsp3) is 1.00. The number of hydrogen-bond donors (Lipinski definition) is 1. The summed E-state index contributed by atoms with van der Waals surface area (Å²) >= 11 is 0. The fourth-order valence-electron chi connectivity index (χ4n) is 3.52. The zero-order chi connectivity index (χ0) is 12.0. The molecule has 0 aromatic carbocycles. The summed E-state index contributed by atoms with van der Waals surface area (Å²) in [5.41, 5.74) is 6.57. The summed E-state index contributed by atoms with van der Waals surface area (Å²) in [7, 11) is 0. The molecule has 0 saturated heterocycles. The van der Waals surface area contributed by atoms with Crippen LogP contribution in [0.4, 0.5) is 0 Å². The summed E-state index contributed by atoms with van der Waals surface area (Å²) in [5, 5.41) is 0. The van der Waals surface area contributed by atoms with E-state index in [0.717, 1.165) is 18.4 Å². The van der Waals surface area contributed by atoms with Crippen molar-refractivity contribution >= 4 is 0 Å². The molecule has 1 nitrogen and oxygen atoms in total. The van der Waals surface area contributed by atoms with Gasteiger partial charge in [-0.2, -0.15) is 0 Å². The third kappa shape index (κ3) is 3.76. The monoisotopic (exact) mass is 225 g/mol. The third-order valence-corrected chi connectivity index (χ3v) is 4.74. The van der Waals surface area contributed by atoms with Crippen molar-refractivity contribution in [3.63, 3.8) is 0 Å². The van der Waals surface area contributed by atoms with E-state index >= 15 is 0 Å². The van der Waals surface area contributed by atoms with Crippen LogP contribution in [-0.2, 0) is 0 Å².